The van der Waals surface area contributed by atoms with Crippen LogP contribution in [0.15, 0.2) is 253 Å². The molecule has 4 heteroatoms. The van der Waals surface area contributed by atoms with Gasteiger partial charge in [0.1, 0.15) is 11.2 Å². The molecule has 0 aliphatic heterocycles. The van der Waals surface area contributed by atoms with E-state index in [2.05, 4.69) is 224 Å². The molecule has 12 rings (SSSR count). The van der Waals surface area contributed by atoms with Gasteiger partial charge < -0.3 is 4.42 Å². The molecule has 0 amide bonds. The quantitative estimate of drug-likeness (QED) is 0.145. The van der Waals surface area contributed by atoms with Gasteiger partial charge in [-0.05, 0) is 91.0 Å². The fraction of sp³-hybridized carbons (Fsp3) is 0. The summed E-state index contributed by atoms with van der Waals surface area (Å²) < 4.78 is 6.83. The molecule has 314 valence electrons. The molecule has 0 aliphatic rings. The smallest absolute Gasteiger partial charge is 0.164 e. The van der Waals surface area contributed by atoms with Crippen molar-refractivity contribution in [1.82, 2.24) is 15.0 Å². The van der Waals surface area contributed by atoms with Crippen LogP contribution < -0.4 is 0 Å². The van der Waals surface area contributed by atoms with Crippen molar-refractivity contribution < 1.29 is 4.42 Å². The molecular weight excluding hydrogens is 815 g/mol. The van der Waals surface area contributed by atoms with E-state index in [9.17, 15) is 0 Å². The molecular formula is C63H41N3O. The van der Waals surface area contributed by atoms with E-state index in [0.717, 1.165) is 83.1 Å². The van der Waals surface area contributed by atoms with Gasteiger partial charge in [-0.2, -0.15) is 0 Å². The Balaban J connectivity index is 0.953. The number of fused-ring (bicyclic) bond motifs is 3. The van der Waals surface area contributed by atoms with Gasteiger partial charge in [-0.3, -0.25) is 0 Å². The lowest BCUT2D eigenvalue weighted by Gasteiger charge is -2.10. The second-order valence-electron chi connectivity index (χ2n) is 16.8. The van der Waals surface area contributed by atoms with Gasteiger partial charge in [-0.1, -0.05) is 224 Å². The van der Waals surface area contributed by atoms with Crippen LogP contribution in [-0.2, 0) is 0 Å². The summed E-state index contributed by atoms with van der Waals surface area (Å²) in [6, 6.07) is 87.1. The Hall–Kier alpha value is -8.99. The van der Waals surface area contributed by atoms with E-state index in [1.54, 1.807) is 0 Å². The molecule has 4 nitrogen and oxygen atoms in total. The first-order valence-electron chi connectivity index (χ1n) is 22.6. The number of hydrogen-bond donors (Lipinski definition) is 0. The zero-order valence-corrected chi connectivity index (χ0v) is 36.4. The lowest BCUT2D eigenvalue weighted by molar-refractivity contribution is 0.669. The van der Waals surface area contributed by atoms with Crippen LogP contribution in [0.4, 0.5) is 0 Å². The molecule has 0 bridgehead atoms. The number of aromatic nitrogens is 3. The van der Waals surface area contributed by atoms with Crippen LogP contribution in [0.1, 0.15) is 0 Å². The maximum absolute atomic E-state index is 6.83. The Kier molecular flexibility index (Phi) is 10.2. The third-order valence-corrected chi connectivity index (χ3v) is 12.6. The molecule has 0 spiro atoms. The largest absolute Gasteiger partial charge is 0.456 e. The molecule has 67 heavy (non-hydrogen) atoms. The van der Waals surface area contributed by atoms with Crippen LogP contribution in [-0.4, -0.2) is 15.0 Å². The normalized spacial score (nSPS) is 11.3. The number of hydrogen-bond acceptors (Lipinski definition) is 4. The average Bonchev–Trinajstić information content (AvgIpc) is 3.80. The average molecular weight is 856 g/mol. The van der Waals surface area contributed by atoms with E-state index < -0.39 is 0 Å². The lowest BCUT2D eigenvalue weighted by atomic mass is 9.93. The highest BCUT2D eigenvalue weighted by atomic mass is 16.3. The van der Waals surface area contributed by atoms with Crippen molar-refractivity contribution in [3.63, 3.8) is 0 Å². The third-order valence-electron chi connectivity index (χ3n) is 12.6. The van der Waals surface area contributed by atoms with Gasteiger partial charge in [0.15, 0.2) is 17.5 Å². The molecule has 2 heterocycles. The minimum absolute atomic E-state index is 0.566. The predicted octanol–water partition coefficient (Wildman–Crippen LogP) is 16.8. The third kappa shape index (κ3) is 7.88. The first-order chi connectivity index (χ1) is 33.2. The fourth-order valence-corrected chi connectivity index (χ4v) is 9.05. The van der Waals surface area contributed by atoms with E-state index in [-0.39, 0.29) is 0 Å². The van der Waals surface area contributed by atoms with Gasteiger partial charge in [-0.25, -0.2) is 15.0 Å². The molecule has 0 atom stereocenters. The minimum atomic E-state index is 0.566. The van der Waals surface area contributed by atoms with Crippen LogP contribution in [0.5, 0.6) is 0 Å². The zero-order chi connectivity index (χ0) is 44.5. The Labute approximate surface area is 389 Å². The van der Waals surface area contributed by atoms with Gasteiger partial charge in [0.05, 0.1) is 0 Å². The molecule has 0 fully saturated rings. The molecule has 2 aromatic heterocycles. The lowest BCUT2D eigenvalue weighted by Crippen LogP contribution is -2.00. The maximum Gasteiger partial charge on any atom is 0.164 e. The standard InChI is InChI=1S/C63H41N3O/c1-5-13-42(14-6-1)46-21-23-49(24-22-46)50-29-35-53(36-30-50)62-64-61(52-33-27-48(28-34-52)44-17-9-3-10-18-44)65-63(66-62)54-37-38-56-58(40-54)67-59-41-55(45-19-11-4-12-20-45)39-57(60(56)59)51-31-25-47(26-32-51)43-15-7-2-8-16-43/h1-41H. The van der Waals surface area contributed by atoms with E-state index in [4.69, 9.17) is 19.4 Å². The maximum atomic E-state index is 6.83. The second kappa shape index (κ2) is 17.2. The molecule has 10 aromatic carbocycles. The number of furan rings is 1. The van der Waals surface area contributed by atoms with Gasteiger partial charge in [-0.15, -0.1) is 0 Å². The van der Waals surface area contributed by atoms with Gasteiger partial charge in [0.25, 0.3) is 0 Å². The van der Waals surface area contributed by atoms with Crippen molar-refractivity contribution >= 4 is 21.9 Å². The van der Waals surface area contributed by atoms with Gasteiger partial charge in [0.2, 0.25) is 0 Å². The molecule has 0 unspecified atom stereocenters. The minimum Gasteiger partial charge on any atom is -0.456 e. The zero-order valence-electron chi connectivity index (χ0n) is 36.4. The van der Waals surface area contributed by atoms with Crippen molar-refractivity contribution in [3.05, 3.63) is 249 Å². The SMILES string of the molecule is c1ccc(-c2ccc(-c3ccc(-c4nc(-c5ccc(-c6ccccc6)cc5)nc(-c5ccc6c(c5)oc5cc(-c7ccccc7)cc(-c7ccc(-c8ccccc8)cc7)c56)n4)cc3)cc2)cc1. The summed E-state index contributed by atoms with van der Waals surface area (Å²) in [7, 11) is 0. The molecule has 0 radical (unpaired) electrons. The molecule has 0 aliphatic carbocycles. The van der Waals surface area contributed by atoms with Crippen LogP contribution in [0, 0.1) is 0 Å². The first-order valence-corrected chi connectivity index (χ1v) is 22.6. The highest BCUT2D eigenvalue weighted by molar-refractivity contribution is 6.14. The summed E-state index contributed by atoms with van der Waals surface area (Å²) in [6.07, 6.45) is 0. The summed E-state index contributed by atoms with van der Waals surface area (Å²) >= 11 is 0. The molecule has 0 N–H and O–H groups in total. The number of nitrogens with zero attached hydrogens (tertiary/aromatic N) is 3. The molecule has 12 aromatic rings. The predicted molar refractivity (Wildman–Crippen MR) is 276 cm³/mol. The van der Waals surface area contributed by atoms with Crippen LogP contribution >= 0.6 is 0 Å². The fourth-order valence-electron chi connectivity index (χ4n) is 9.05. The Bertz CT molecular complexity index is 3660. The number of rotatable bonds is 9. The van der Waals surface area contributed by atoms with E-state index in [1.165, 1.54) is 22.3 Å². The van der Waals surface area contributed by atoms with Crippen molar-refractivity contribution in [2.45, 2.75) is 0 Å². The summed E-state index contributed by atoms with van der Waals surface area (Å²) in [4.78, 5) is 15.4. The highest BCUT2D eigenvalue weighted by Gasteiger charge is 2.19. The second-order valence-corrected chi connectivity index (χ2v) is 16.8. The van der Waals surface area contributed by atoms with E-state index >= 15 is 0 Å². The highest BCUT2D eigenvalue weighted by Crippen LogP contribution is 2.42. The van der Waals surface area contributed by atoms with Crippen molar-refractivity contribution in [2.24, 2.45) is 0 Å². The Morgan fingerprint density at radius 3 is 0.925 bits per heavy atom. The van der Waals surface area contributed by atoms with Crippen LogP contribution in [0.2, 0.25) is 0 Å². The monoisotopic (exact) mass is 855 g/mol. The first kappa shape index (κ1) is 39.6. The Morgan fingerprint density at radius 2 is 0.522 bits per heavy atom. The molecule has 0 saturated heterocycles. The number of benzene rings is 10. The van der Waals surface area contributed by atoms with E-state index in [1.807, 2.05) is 24.3 Å². The summed E-state index contributed by atoms with van der Waals surface area (Å²) in [5, 5.41) is 2.10. The van der Waals surface area contributed by atoms with Gasteiger partial charge in [0, 0.05) is 27.5 Å². The Morgan fingerprint density at radius 1 is 0.224 bits per heavy atom. The van der Waals surface area contributed by atoms with Gasteiger partial charge >= 0.3 is 0 Å². The van der Waals surface area contributed by atoms with Crippen molar-refractivity contribution in [2.75, 3.05) is 0 Å². The topological polar surface area (TPSA) is 51.8 Å². The van der Waals surface area contributed by atoms with E-state index in [0.29, 0.717) is 17.5 Å². The van der Waals surface area contributed by atoms with Crippen molar-refractivity contribution in [3.8, 4) is 101 Å². The van der Waals surface area contributed by atoms with Crippen molar-refractivity contribution in [1.29, 1.82) is 0 Å². The summed E-state index contributed by atoms with van der Waals surface area (Å²) in [6.45, 7) is 0. The summed E-state index contributed by atoms with van der Waals surface area (Å²) in [5.74, 6) is 1.76. The molecule has 0 saturated carbocycles. The van der Waals surface area contributed by atoms with Crippen LogP contribution in [0.3, 0.4) is 0 Å². The summed E-state index contributed by atoms with van der Waals surface area (Å²) in [5.41, 5.74) is 18.0. The van der Waals surface area contributed by atoms with Crippen LogP contribution in [0.25, 0.3) is 123 Å².